The molecule has 0 aliphatic carbocycles. The smallest absolute Gasteiger partial charge is 0.234 e. The van der Waals surface area contributed by atoms with Crippen LogP contribution in [0, 0.1) is 0 Å². The van der Waals surface area contributed by atoms with Gasteiger partial charge in [0.05, 0.1) is 17.0 Å². The second kappa shape index (κ2) is 4.40. The second-order valence-corrected chi connectivity index (χ2v) is 5.73. The summed E-state index contributed by atoms with van der Waals surface area (Å²) in [5.41, 5.74) is 4.77. The topological polar surface area (TPSA) is 51.0 Å². The van der Waals surface area contributed by atoms with Crippen molar-refractivity contribution in [3.05, 3.63) is 42.1 Å². The number of hydrogen-bond acceptors (Lipinski definition) is 3. The van der Waals surface area contributed by atoms with Crippen LogP contribution >= 0.6 is 0 Å². The molecular formula is C17H16N4O. The molecule has 0 spiro atoms. The first kappa shape index (κ1) is 13.0. The summed E-state index contributed by atoms with van der Waals surface area (Å²) >= 11 is 0. The molecule has 2 aromatic heterocycles. The maximum atomic E-state index is 12.1. The number of imidazole rings is 1. The Morgan fingerprint density at radius 1 is 1.18 bits per heavy atom. The van der Waals surface area contributed by atoms with Crippen molar-refractivity contribution in [1.29, 1.82) is 0 Å². The standard InChI is InChI=1S/C17H16N4O/c1-10-11-8-15-13(9-14(11)21(3)17(10)22)19-16(20(15)2)12-6-4-5-7-18-12/h4-10H,1-3H3. The number of likely N-dealkylation sites (N-methyl/N-ethyl adjacent to an activating group) is 1. The van der Waals surface area contributed by atoms with Crippen LogP contribution in [0.4, 0.5) is 5.69 Å². The molecule has 1 atom stereocenters. The van der Waals surface area contributed by atoms with Gasteiger partial charge in [0.15, 0.2) is 5.82 Å². The molecule has 22 heavy (non-hydrogen) atoms. The molecule has 0 N–H and O–H groups in total. The van der Waals surface area contributed by atoms with Gasteiger partial charge in [0.25, 0.3) is 0 Å². The van der Waals surface area contributed by atoms with Crippen LogP contribution in [0.5, 0.6) is 0 Å². The summed E-state index contributed by atoms with van der Waals surface area (Å²) in [6.07, 6.45) is 1.77. The van der Waals surface area contributed by atoms with Crippen molar-refractivity contribution in [1.82, 2.24) is 14.5 Å². The number of rotatable bonds is 1. The van der Waals surface area contributed by atoms with Gasteiger partial charge in [0.1, 0.15) is 5.69 Å². The summed E-state index contributed by atoms with van der Waals surface area (Å²) in [6, 6.07) is 9.88. The van der Waals surface area contributed by atoms with Crippen molar-refractivity contribution in [2.45, 2.75) is 12.8 Å². The van der Waals surface area contributed by atoms with Gasteiger partial charge < -0.3 is 9.47 Å². The average molecular weight is 292 g/mol. The predicted octanol–water partition coefficient (Wildman–Crippen LogP) is 2.72. The van der Waals surface area contributed by atoms with Gasteiger partial charge in [-0.3, -0.25) is 9.78 Å². The second-order valence-electron chi connectivity index (χ2n) is 5.73. The SMILES string of the molecule is CC1C(=O)N(C)c2cc3nc(-c4ccccn4)n(C)c3cc21. The fourth-order valence-electron chi connectivity index (χ4n) is 3.15. The molecule has 1 amide bonds. The fourth-order valence-corrected chi connectivity index (χ4v) is 3.15. The number of carbonyl (C=O) groups excluding carboxylic acids is 1. The zero-order valence-electron chi connectivity index (χ0n) is 12.7. The summed E-state index contributed by atoms with van der Waals surface area (Å²) in [7, 11) is 3.80. The number of aromatic nitrogens is 3. The van der Waals surface area contributed by atoms with Gasteiger partial charge in [-0.05, 0) is 36.8 Å². The Bertz CT molecular complexity index is 898. The largest absolute Gasteiger partial charge is 0.326 e. The minimum Gasteiger partial charge on any atom is -0.326 e. The zero-order valence-corrected chi connectivity index (χ0v) is 12.7. The molecule has 4 rings (SSSR count). The van der Waals surface area contributed by atoms with Crippen molar-refractivity contribution >= 4 is 22.6 Å². The molecule has 1 aromatic carbocycles. The maximum absolute atomic E-state index is 12.1. The van der Waals surface area contributed by atoms with E-state index in [0.717, 1.165) is 33.8 Å². The lowest BCUT2D eigenvalue weighted by atomic mass is 10.0. The Hall–Kier alpha value is -2.69. The van der Waals surface area contributed by atoms with Gasteiger partial charge in [-0.2, -0.15) is 0 Å². The first-order valence-electron chi connectivity index (χ1n) is 7.27. The minimum atomic E-state index is -0.0994. The van der Waals surface area contributed by atoms with Crippen LogP contribution in [0.1, 0.15) is 18.4 Å². The van der Waals surface area contributed by atoms with Crippen LogP contribution < -0.4 is 4.90 Å². The van der Waals surface area contributed by atoms with Gasteiger partial charge >= 0.3 is 0 Å². The van der Waals surface area contributed by atoms with E-state index in [0.29, 0.717) is 0 Å². The third-order valence-electron chi connectivity index (χ3n) is 4.45. The normalized spacial score (nSPS) is 17.3. The van der Waals surface area contributed by atoms with Gasteiger partial charge in [0, 0.05) is 26.0 Å². The van der Waals surface area contributed by atoms with Gasteiger partial charge in [0.2, 0.25) is 5.91 Å². The van der Waals surface area contributed by atoms with E-state index in [4.69, 9.17) is 4.98 Å². The van der Waals surface area contributed by atoms with E-state index in [1.165, 1.54) is 0 Å². The van der Waals surface area contributed by atoms with Crippen LogP contribution in [0.15, 0.2) is 36.5 Å². The summed E-state index contributed by atoms with van der Waals surface area (Å²) in [6.45, 7) is 1.95. The predicted molar refractivity (Wildman–Crippen MR) is 85.8 cm³/mol. The van der Waals surface area contributed by atoms with Crippen molar-refractivity contribution in [3.8, 4) is 11.5 Å². The van der Waals surface area contributed by atoms with E-state index in [2.05, 4.69) is 11.1 Å². The van der Waals surface area contributed by atoms with Gasteiger partial charge in [-0.15, -0.1) is 0 Å². The highest BCUT2D eigenvalue weighted by Gasteiger charge is 2.32. The Kier molecular flexibility index (Phi) is 2.60. The van der Waals surface area contributed by atoms with E-state index < -0.39 is 0 Å². The van der Waals surface area contributed by atoms with Crippen LogP contribution in [0.25, 0.3) is 22.6 Å². The highest BCUT2D eigenvalue weighted by molar-refractivity contribution is 6.06. The summed E-state index contributed by atoms with van der Waals surface area (Å²) in [4.78, 5) is 22.9. The minimum absolute atomic E-state index is 0.0994. The molecule has 3 aromatic rings. The number of aryl methyl sites for hydroxylation is 1. The number of nitrogens with zero attached hydrogens (tertiary/aromatic N) is 4. The van der Waals surface area contributed by atoms with Gasteiger partial charge in [-0.25, -0.2) is 4.98 Å². The molecule has 0 radical (unpaired) electrons. The third kappa shape index (κ3) is 1.62. The Balaban J connectivity index is 1.97. The Labute approximate surface area is 128 Å². The fraction of sp³-hybridized carbons (Fsp3) is 0.235. The maximum Gasteiger partial charge on any atom is 0.234 e. The number of pyridine rings is 1. The molecule has 1 aliphatic rings. The average Bonchev–Trinajstić information content (AvgIpc) is 2.98. The van der Waals surface area contributed by atoms with E-state index in [-0.39, 0.29) is 11.8 Å². The van der Waals surface area contributed by atoms with Crippen molar-refractivity contribution in [2.75, 3.05) is 11.9 Å². The highest BCUT2D eigenvalue weighted by atomic mass is 16.2. The lowest BCUT2D eigenvalue weighted by Crippen LogP contribution is -2.22. The zero-order chi connectivity index (χ0) is 15.4. The quantitative estimate of drug-likeness (QED) is 0.693. The summed E-state index contributed by atoms with van der Waals surface area (Å²) in [5.74, 6) is 0.869. The van der Waals surface area contributed by atoms with Crippen LogP contribution in [-0.2, 0) is 11.8 Å². The summed E-state index contributed by atoms with van der Waals surface area (Å²) in [5, 5.41) is 0. The molecule has 110 valence electrons. The molecule has 1 aliphatic heterocycles. The third-order valence-corrected chi connectivity index (χ3v) is 4.45. The number of amides is 1. The molecule has 0 saturated carbocycles. The summed E-state index contributed by atoms with van der Waals surface area (Å²) < 4.78 is 2.04. The Morgan fingerprint density at radius 2 is 2.00 bits per heavy atom. The first-order valence-corrected chi connectivity index (χ1v) is 7.27. The van der Waals surface area contributed by atoms with Crippen molar-refractivity contribution < 1.29 is 4.79 Å². The lowest BCUT2D eigenvalue weighted by molar-refractivity contribution is -0.118. The lowest BCUT2D eigenvalue weighted by Gasteiger charge is -2.09. The van der Waals surface area contributed by atoms with Crippen LogP contribution in [0.3, 0.4) is 0 Å². The highest BCUT2D eigenvalue weighted by Crippen LogP contribution is 2.39. The molecule has 5 nitrogen and oxygen atoms in total. The van der Waals surface area contributed by atoms with Crippen molar-refractivity contribution in [3.63, 3.8) is 0 Å². The Morgan fingerprint density at radius 3 is 2.73 bits per heavy atom. The molecular weight excluding hydrogens is 276 g/mol. The number of benzene rings is 1. The van der Waals surface area contributed by atoms with Gasteiger partial charge in [-0.1, -0.05) is 6.07 Å². The molecule has 0 saturated heterocycles. The number of anilines is 1. The van der Waals surface area contributed by atoms with E-state index >= 15 is 0 Å². The first-order chi connectivity index (χ1) is 10.6. The number of fused-ring (bicyclic) bond motifs is 2. The molecule has 5 heteroatoms. The van der Waals surface area contributed by atoms with Crippen molar-refractivity contribution in [2.24, 2.45) is 7.05 Å². The monoisotopic (exact) mass is 292 g/mol. The molecule has 0 bridgehead atoms. The van der Waals surface area contributed by atoms with Crippen LogP contribution in [0.2, 0.25) is 0 Å². The van der Waals surface area contributed by atoms with E-state index in [1.807, 2.05) is 49.9 Å². The number of carbonyl (C=O) groups is 1. The van der Waals surface area contributed by atoms with E-state index in [9.17, 15) is 4.79 Å². The molecule has 0 fully saturated rings. The molecule has 3 heterocycles. The van der Waals surface area contributed by atoms with E-state index in [1.54, 1.807) is 11.1 Å². The molecule has 1 unspecified atom stereocenters. The van der Waals surface area contributed by atoms with Crippen LogP contribution in [-0.4, -0.2) is 27.5 Å². The number of hydrogen-bond donors (Lipinski definition) is 0.